The quantitative estimate of drug-likeness (QED) is 0.769. The van der Waals surface area contributed by atoms with Crippen LogP contribution in [0.25, 0.3) is 12.2 Å². The first kappa shape index (κ1) is 10.1. The Labute approximate surface area is 93.3 Å². The molecule has 3 heteroatoms. The molecule has 0 saturated carbocycles. The molecule has 0 spiro atoms. The molecule has 2 aromatic heterocycles. The Morgan fingerprint density at radius 3 is 2.73 bits per heavy atom. The van der Waals surface area contributed by atoms with E-state index in [0.29, 0.717) is 0 Å². The number of aromatic nitrogens is 2. The molecule has 0 atom stereocenters. The summed E-state index contributed by atoms with van der Waals surface area (Å²) in [6, 6.07) is 4.01. The van der Waals surface area contributed by atoms with Crippen molar-refractivity contribution >= 4 is 23.5 Å². The van der Waals surface area contributed by atoms with Gasteiger partial charge in [0.05, 0.1) is 0 Å². The first-order valence-corrected chi connectivity index (χ1v) is 5.65. The van der Waals surface area contributed by atoms with Gasteiger partial charge in [0, 0.05) is 16.8 Å². The van der Waals surface area contributed by atoms with Gasteiger partial charge in [-0.15, -0.1) is 11.3 Å². The van der Waals surface area contributed by atoms with E-state index < -0.39 is 0 Å². The second kappa shape index (κ2) is 4.36. The Bertz CT molecular complexity index is 486. The van der Waals surface area contributed by atoms with Crippen molar-refractivity contribution in [3.8, 4) is 0 Å². The molecule has 0 aliphatic rings. The maximum absolute atomic E-state index is 4.31. The summed E-state index contributed by atoms with van der Waals surface area (Å²) in [6.45, 7) is 4.07. The van der Waals surface area contributed by atoms with Gasteiger partial charge >= 0.3 is 0 Å². The topological polar surface area (TPSA) is 25.8 Å². The number of aryl methyl sites for hydroxylation is 2. The molecule has 0 bridgehead atoms. The summed E-state index contributed by atoms with van der Waals surface area (Å²) in [5, 5.41) is 2.09. The molecule has 0 unspecified atom stereocenters. The molecule has 0 saturated heterocycles. The molecule has 0 aliphatic heterocycles. The van der Waals surface area contributed by atoms with Crippen molar-refractivity contribution in [2.75, 3.05) is 0 Å². The average molecular weight is 216 g/mol. The molecule has 2 heterocycles. The minimum Gasteiger partial charge on any atom is -0.237 e. The number of thiophene rings is 1. The fourth-order valence-corrected chi connectivity index (χ4v) is 2.07. The van der Waals surface area contributed by atoms with E-state index in [2.05, 4.69) is 34.4 Å². The Hall–Kier alpha value is -1.48. The number of hydrogen-bond donors (Lipinski definition) is 0. The van der Waals surface area contributed by atoms with Crippen LogP contribution in [0.3, 0.4) is 0 Å². The second-order valence-electron chi connectivity index (χ2n) is 3.36. The fraction of sp³-hybridized carbons (Fsp3) is 0.167. The van der Waals surface area contributed by atoms with Crippen LogP contribution in [0.4, 0.5) is 0 Å². The van der Waals surface area contributed by atoms with Crippen molar-refractivity contribution < 1.29 is 0 Å². The lowest BCUT2D eigenvalue weighted by atomic mass is 10.3. The largest absolute Gasteiger partial charge is 0.237 e. The molecule has 0 amide bonds. The summed E-state index contributed by atoms with van der Waals surface area (Å²) in [5.74, 6) is 0.766. The standard InChI is InChI=1S/C12H12N2S/c1-9-6-8-15-11(9)3-4-12-13-7-5-10(2)14-12/h3-8H,1-2H3. The SMILES string of the molecule is Cc1ccnc(C=Cc2sccc2C)n1. The highest BCUT2D eigenvalue weighted by molar-refractivity contribution is 7.11. The first-order valence-electron chi connectivity index (χ1n) is 4.77. The molecule has 2 nitrogen and oxygen atoms in total. The zero-order chi connectivity index (χ0) is 10.7. The number of hydrogen-bond acceptors (Lipinski definition) is 3. The first-order chi connectivity index (χ1) is 7.25. The van der Waals surface area contributed by atoms with E-state index in [4.69, 9.17) is 0 Å². The average Bonchev–Trinajstić information content (AvgIpc) is 2.61. The maximum atomic E-state index is 4.31. The van der Waals surface area contributed by atoms with E-state index in [9.17, 15) is 0 Å². The van der Waals surface area contributed by atoms with Gasteiger partial charge in [-0.25, -0.2) is 9.97 Å². The maximum Gasteiger partial charge on any atom is 0.152 e. The molecule has 0 N–H and O–H groups in total. The molecule has 2 rings (SSSR count). The predicted octanol–water partition coefficient (Wildman–Crippen LogP) is 3.33. The van der Waals surface area contributed by atoms with Gasteiger partial charge < -0.3 is 0 Å². The van der Waals surface area contributed by atoms with Crippen LogP contribution >= 0.6 is 11.3 Å². The van der Waals surface area contributed by atoms with Crippen molar-refractivity contribution in [3.05, 3.63) is 45.7 Å². The third-order valence-corrected chi connectivity index (χ3v) is 3.08. The van der Waals surface area contributed by atoms with Crippen LogP contribution < -0.4 is 0 Å². The van der Waals surface area contributed by atoms with Crippen LogP contribution in [0.1, 0.15) is 22.0 Å². The lowest BCUT2D eigenvalue weighted by Crippen LogP contribution is -1.88. The lowest BCUT2D eigenvalue weighted by molar-refractivity contribution is 1.08. The normalized spacial score (nSPS) is 11.1. The Balaban J connectivity index is 2.22. The van der Waals surface area contributed by atoms with Gasteiger partial charge in [-0.1, -0.05) is 0 Å². The molecule has 0 radical (unpaired) electrons. The van der Waals surface area contributed by atoms with Gasteiger partial charge in [-0.05, 0) is 49.1 Å². The molecule has 76 valence electrons. The smallest absolute Gasteiger partial charge is 0.152 e. The third-order valence-electron chi connectivity index (χ3n) is 2.10. The van der Waals surface area contributed by atoms with Gasteiger partial charge in [0.1, 0.15) is 0 Å². The zero-order valence-corrected chi connectivity index (χ0v) is 9.58. The monoisotopic (exact) mass is 216 g/mol. The van der Waals surface area contributed by atoms with Crippen molar-refractivity contribution in [2.24, 2.45) is 0 Å². The summed E-state index contributed by atoms with van der Waals surface area (Å²) in [5.41, 5.74) is 2.29. The van der Waals surface area contributed by atoms with E-state index in [0.717, 1.165) is 11.5 Å². The van der Waals surface area contributed by atoms with E-state index in [1.165, 1.54) is 10.4 Å². The molecule has 2 aromatic rings. The number of rotatable bonds is 2. The minimum atomic E-state index is 0.766. The van der Waals surface area contributed by atoms with E-state index in [-0.39, 0.29) is 0 Å². The Morgan fingerprint density at radius 1 is 1.20 bits per heavy atom. The highest BCUT2D eigenvalue weighted by Crippen LogP contribution is 2.17. The van der Waals surface area contributed by atoms with Crippen LogP contribution in [-0.2, 0) is 0 Å². The molecule has 0 fully saturated rings. The van der Waals surface area contributed by atoms with Gasteiger partial charge in [0.15, 0.2) is 5.82 Å². The Kier molecular flexibility index (Phi) is 2.92. The molecule has 15 heavy (non-hydrogen) atoms. The van der Waals surface area contributed by atoms with E-state index in [1.54, 1.807) is 17.5 Å². The molecule has 0 aliphatic carbocycles. The summed E-state index contributed by atoms with van der Waals surface area (Å²) in [6.07, 6.45) is 5.80. The van der Waals surface area contributed by atoms with Crippen LogP contribution in [0.2, 0.25) is 0 Å². The van der Waals surface area contributed by atoms with Crippen LogP contribution in [0.5, 0.6) is 0 Å². The van der Waals surface area contributed by atoms with Gasteiger partial charge in [-0.2, -0.15) is 0 Å². The zero-order valence-electron chi connectivity index (χ0n) is 8.77. The summed E-state index contributed by atoms with van der Waals surface area (Å²) < 4.78 is 0. The lowest BCUT2D eigenvalue weighted by Gasteiger charge is -1.93. The van der Waals surface area contributed by atoms with Crippen molar-refractivity contribution in [3.63, 3.8) is 0 Å². The highest BCUT2D eigenvalue weighted by Gasteiger charge is 1.95. The summed E-state index contributed by atoms with van der Waals surface area (Å²) in [7, 11) is 0. The third kappa shape index (κ3) is 2.50. The fourth-order valence-electron chi connectivity index (χ4n) is 1.25. The van der Waals surface area contributed by atoms with Crippen molar-refractivity contribution in [2.45, 2.75) is 13.8 Å². The highest BCUT2D eigenvalue weighted by atomic mass is 32.1. The van der Waals surface area contributed by atoms with Crippen LogP contribution in [0.15, 0.2) is 23.7 Å². The van der Waals surface area contributed by atoms with E-state index in [1.807, 2.05) is 19.1 Å². The Morgan fingerprint density at radius 2 is 2.07 bits per heavy atom. The van der Waals surface area contributed by atoms with Crippen LogP contribution in [-0.4, -0.2) is 9.97 Å². The van der Waals surface area contributed by atoms with E-state index >= 15 is 0 Å². The summed E-state index contributed by atoms with van der Waals surface area (Å²) >= 11 is 1.73. The van der Waals surface area contributed by atoms with Crippen molar-refractivity contribution in [1.82, 2.24) is 9.97 Å². The second-order valence-corrected chi connectivity index (χ2v) is 4.31. The van der Waals surface area contributed by atoms with Crippen molar-refractivity contribution in [1.29, 1.82) is 0 Å². The molecule has 0 aromatic carbocycles. The molecular formula is C12H12N2S. The molecular weight excluding hydrogens is 204 g/mol. The van der Waals surface area contributed by atoms with Crippen LogP contribution in [0, 0.1) is 13.8 Å². The number of nitrogens with zero attached hydrogens (tertiary/aromatic N) is 2. The van der Waals surface area contributed by atoms with Gasteiger partial charge in [0.25, 0.3) is 0 Å². The van der Waals surface area contributed by atoms with Gasteiger partial charge in [-0.3, -0.25) is 0 Å². The minimum absolute atomic E-state index is 0.766. The summed E-state index contributed by atoms with van der Waals surface area (Å²) in [4.78, 5) is 9.75. The van der Waals surface area contributed by atoms with Gasteiger partial charge in [0.2, 0.25) is 0 Å². The predicted molar refractivity (Wildman–Crippen MR) is 64.8 cm³/mol.